The fraction of sp³-hybridized carbons (Fsp3) is 0.889. The molecule has 3 aliphatic rings. The van der Waals surface area contributed by atoms with E-state index in [9.17, 15) is 26.4 Å². The molecule has 2 heterocycles. The van der Waals surface area contributed by atoms with Crippen LogP contribution in [0.25, 0.3) is 0 Å². The van der Waals surface area contributed by atoms with Crippen molar-refractivity contribution in [3.63, 3.8) is 0 Å². The van der Waals surface area contributed by atoms with Crippen LogP contribution in [0.2, 0.25) is 0 Å². The first-order valence-electron chi connectivity index (χ1n) is 10.5. The first-order chi connectivity index (χ1) is 14.0. The van der Waals surface area contributed by atoms with Crippen LogP contribution in [0.15, 0.2) is 0 Å². The number of rotatable bonds is 5. The number of sulfone groups is 2. The molecule has 1 saturated carbocycles. The van der Waals surface area contributed by atoms with E-state index in [0.29, 0.717) is 0 Å². The molecule has 3 fully saturated rings. The average molecular weight is 465 g/mol. The lowest BCUT2D eigenvalue weighted by Gasteiger charge is -2.38. The van der Waals surface area contributed by atoms with Crippen molar-refractivity contribution in [2.45, 2.75) is 37.8 Å². The fourth-order valence-corrected chi connectivity index (χ4v) is 6.65. The molecule has 2 aliphatic heterocycles. The molecule has 30 heavy (non-hydrogen) atoms. The van der Waals surface area contributed by atoms with Gasteiger partial charge in [0.2, 0.25) is 11.8 Å². The first kappa shape index (κ1) is 23.4. The SMILES string of the molecule is NC1CCC(N(CC(=O)N2CCS(=O)(=O)CC2)CC(=O)N2CCS(=O)(=O)CC2)CC1. The summed E-state index contributed by atoms with van der Waals surface area (Å²) in [5, 5.41) is 0. The quantitative estimate of drug-likeness (QED) is 0.497. The van der Waals surface area contributed by atoms with E-state index >= 15 is 0 Å². The van der Waals surface area contributed by atoms with Gasteiger partial charge in [0.05, 0.1) is 36.1 Å². The summed E-state index contributed by atoms with van der Waals surface area (Å²) >= 11 is 0. The Bertz CT molecular complexity index is 764. The van der Waals surface area contributed by atoms with Crippen molar-refractivity contribution in [1.29, 1.82) is 0 Å². The maximum atomic E-state index is 12.8. The normalized spacial score (nSPS) is 29.0. The summed E-state index contributed by atoms with van der Waals surface area (Å²) in [4.78, 5) is 30.6. The summed E-state index contributed by atoms with van der Waals surface area (Å²) < 4.78 is 46.5. The molecule has 10 nitrogen and oxygen atoms in total. The zero-order valence-corrected chi connectivity index (χ0v) is 18.9. The van der Waals surface area contributed by atoms with Crippen molar-refractivity contribution in [2.24, 2.45) is 5.73 Å². The van der Waals surface area contributed by atoms with Crippen LogP contribution < -0.4 is 5.73 Å². The zero-order valence-electron chi connectivity index (χ0n) is 17.2. The molecular formula is C18H32N4O6S2. The molecule has 0 radical (unpaired) electrons. The molecule has 0 aromatic heterocycles. The molecule has 0 atom stereocenters. The van der Waals surface area contributed by atoms with E-state index < -0.39 is 19.7 Å². The summed E-state index contributed by atoms with van der Waals surface area (Å²) in [6.07, 6.45) is 3.25. The van der Waals surface area contributed by atoms with Crippen molar-refractivity contribution < 1.29 is 26.4 Å². The van der Waals surface area contributed by atoms with E-state index in [1.54, 1.807) is 9.80 Å². The molecule has 2 saturated heterocycles. The van der Waals surface area contributed by atoms with Crippen molar-refractivity contribution in [1.82, 2.24) is 14.7 Å². The number of nitrogens with two attached hydrogens (primary N) is 1. The standard InChI is InChI=1S/C18H32N4O6S2/c19-15-1-3-16(4-2-15)22(13-17(23)20-5-9-29(25,26)10-6-20)14-18(24)21-7-11-30(27,28)12-8-21/h15-16H,1-14,19H2. The number of hydrogen-bond acceptors (Lipinski definition) is 8. The van der Waals surface area contributed by atoms with Gasteiger partial charge < -0.3 is 15.5 Å². The molecule has 0 unspecified atom stereocenters. The maximum absolute atomic E-state index is 12.8. The van der Waals surface area contributed by atoms with Crippen molar-refractivity contribution in [3.8, 4) is 0 Å². The minimum atomic E-state index is -3.08. The van der Waals surface area contributed by atoms with Gasteiger partial charge in [0.1, 0.15) is 0 Å². The van der Waals surface area contributed by atoms with Gasteiger partial charge in [-0.15, -0.1) is 0 Å². The molecule has 0 aromatic carbocycles. The Labute approximate surface area is 178 Å². The Balaban J connectivity index is 1.63. The second-order valence-electron chi connectivity index (χ2n) is 8.54. The number of carbonyl (C=O) groups is 2. The summed E-state index contributed by atoms with van der Waals surface area (Å²) in [6, 6.07) is 0.189. The third-order valence-corrected chi connectivity index (χ3v) is 9.55. The lowest BCUT2D eigenvalue weighted by atomic mass is 9.90. The second-order valence-corrected chi connectivity index (χ2v) is 13.1. The summed E-state index contributed by atoms with van der Waals surface area (Å²) in [5.41, 5.74) is 6.00. The summed E-state index contributed by atoms with van der Waals surface area (Å²) in [5.74, 6) is -0.463. The highest BCUT2D eigenvalue weighted by molar-refractivity contribution is 7.91. The van der Waals surface area contributed by atoms with E-state index in [4.69, 9.17) is 5.73 Å². The molecule has 2 amide bonds. The number of hydrogen-bond donors (Lipinski definition) is 1. The molecule has 1 aliphatic carbocycles. The van der Waals surface area contributed by atoms with Crippen LogP contribution in [0, 0.1) is 0 Å². The largest absolute Gasteiger partial charge is 0.340 e. The zero-order chi connectivity index (χ0) is 21.9. The molecule has 12 heteroatoms. The van der Waals surface area contributed by atoms with Gasteiger partial charge in [-0.3, -0.25) is 14.5 Å². The second kappa shape index (κ2) is 9.49. The highest BCUT2D eigenvalue weighted by atomic mass is 32.2. The van der Waals surface area contributed by atoms with Gasteiger partial charge in [0, 0.05) is 38.3 Å². The van der Waals surface area contributed by atoms with Gasteiger partial charge in [-0.1, -0.05) is 0 Å². The molecule has 3 rings (SSSR count). The van der Waals surface area contributed by atoms with Crippen LogP contribution in [0.1, 0.15) is 25.7 Å². The fourth-order valence-electron chi connectivity index (χ4n) is 4.25. The van der Waals surface area contributed by atoms with E-state index in [1.807, 2.05) is 4.90 Å². The van der Waals surface area contributed by atoms with Crippen LogP contribution >= 0.6 is 0 Å². The lowest BCUT2D eigenvalue weighted by Crippen LogP contribution is -2.54. The molecular weight excluding hydrogens is 432 g/mol. The predicted octanol–water partition coefficient (Wildman–Crippen LogP) is -1.93. The maximum Gasteiger partial charge on any atom is 0.236 e. The van der Waals surface area contributed by atoms with Crippen LogP contribution in [0.5, 0.6) is 0 Å². The van der Waals surface area contributed by atoms with E-state index in [0.717, 1.165) is 25.7 Å². The Morgan fingerprint density at radius 2 is 1.10 bits per heavy atom. The molecule has 2 N–H and O–H groups in total. The van der Waals surface area contributed by atoms with E-state index in [-0.39, 0.29) is 86.2 Å². The number of carbonyl (C=O) groups excluding carboxylic acids is 2. The topological polar surface area (TPSA) is 138 Å². The molecule has 0 bridgehead atoms. The van der Waals surface area contributed by atoms with Gasteiger partial charge in [-0.05, 0) is 25.7 Å². The average Bonchev–Trinajstić information content (AvgIpc) is 2.67. The smallest absolute Gasteiger partial charge is 0.236 e. The van der Waals surface area contributed by atoms with Crippen molar-refractivity contribution in [2.75, 3.05) is 62.3 Å². The molecule has 0 aromatic rings. The van der Waals surface area contributed by atoms with E-state index in [2.05, 4.69) is 0 Å². The molecule has 172 valence electrons. The van der Waals surface area contributed by atoms with Gasteiger partial charge in [-0.25, -0.2) is 16.8 Å². The monoisotopic (exact) mass is 464 g/mol. The van der Waals surface area contributed by atoms with Gasteiger partial charge in [-0.2, -0.15) is 0 Å². The lowest BCUT2D eigenvalue weighted by molar-refractivity contribution is -0.136. The Morgan fingerprint density at radius 1 is 0.733 bits per heavy atom. The third kappa shape index (κ3) is 6.38. The van der Waals surface area contributed by atoms with Crippen LogP contribution in [-0.4, -0.2) is 118 Å². The van der Waals surface area contributed by atoms with E-state index in [1.165, 1.54) is 0 Å². The summed E-state index contributed by atoms with van der Waals surface area (Å²) in [7, 11) is -6.16. The Morgan fingerprint density at radius 3 is 1.47 bits per heavy atom. The van der Waals surface area contributed by atoms with Gasteiger partial charge in [0.25, 0.3) is 0 Å². The van der Waals surface area contributed by atoms with Crippen molar-refractivity contribution in [3.05, 3.63) is 0 Å². The third-order valence-electron chi connectivity index (χ3n) is 6.33. The van der Waals surface area contributed by atoms with Crippen molar-refractivity contribution >= 4 is 31.5 Å². The first-order valence-corrected chi connectivity index (χ1v) is 14.1. The number of nitrogens with zero attached hydrogens (tertiary/aromatic N) is 3. The highest BCUT2D eigenvalue weighted by Gasteiger charge is 2.33. The number of amides is 2. The molecule has 0 spiro atoms. The van der Waals surface area contributed by atoms with Gasteiger partial charge in [0.15, 0.2) is 19.7 Å². The van der Waals surface area contributed by atoms with Gasteiger partial charge >= 0.3 is 0 Å². The van der Waals surface area contributed by atoms with Crippen LogP contribution in [-0.2, 0) is 29.3 Å². The van der Waals surface area contributed by atoms with Crippen LogP contribution in [0.3, 0.4) is 0 Å². The Kier molecular flexibility index (Phi) is 7.41. The predicted molar refractivity (Wildman–Crippen MR) is 112 cm³/mol. The summed E-state index contributed by atoms with van der Waals surface area (Å²) in [6.45, 7) is 0.839. The highest BCUT2D eigenvalue weighted by Crippen LogP contribution is 2.23. The minimum Gasteiger partial charge on any atom is -0.340 e. The minimum absolute atomic E-state index is 0.0296. The Hall–Kier alpha value is -1.24. The van der Waals surface area contributed by atoms with Crippen LogP contribution in [0.4, 0.5) is 0 Å².